The number of aromatic nitrogens is 2. The number of anilines is 1. The number of rotatable bonds is 7. The summed E-state index contributed by atoms with van der Waals surface area (Å²) in [7, 11) is 1.90. The Labute approximate surface area is 171 Å². The molecule has 2 aromatic carbocycles. The first-order chi connectivity index (χ1) is 14.1. The topological polar surface area (TPSA) is 56.1 Å². The number of carbonyl (C=O) groups is 1. The van der Waals surface area contributed by atoms with E-state index in [9.17, 15) is 4.79 Å². The van der Waals surface area contributed by atoms with Crippen molar-refractivity contribution in [2.24, 2.45) is 7.05 Å². The SMILES string of the molecule is C/C=C\C(=C/C)c1ccc(NC(=O)COc2ccc(-c3ccnn3C)cc2)cc1. The van der Waals surface area contributed by atoms with E-state index in [1.165, 1.54) is 0 Å². The highest BCUT2D eigenvalue weighted by Crippen LogP contribution is 2.22. The molecule has 0 saturated heterocycles. The van der Waals surface area contributed by atoms with Crippen molar-refractivity contribution >= 4 is 17.2 Å². The predicted octanol–water partition coefficient (Wildman–Crippen LogP) is 5.08. The van der Waals surface area contributed by atoms with Crippen LogP contribution in [0, 0.1) is 0 Å². The van der Waals surface area contributed by atoms with Crippen LogP contribution in [0.2, 0.25) is 0 Å². The average molecular weight is 387 g/mol. The third-order valence-electron chi connectivity index (χ3n) is 4.50. The van der Waals surface area contributed by atoms with E-state index in [2.05, 4.69) is 22.6 Å². The molecule has 0 aliphatic carbocycles. The molecule has 29 heavy (non-hydrogen) atoms. The zero-order chi connectivity index (χ0) is 20.6. The average Bonchev–Trinajstić information content (AvgIpc) is 3.17. The molecule has 0 radical (unpaired) electrons. The van der Waals surface area contributed by atoms with Crippen LogP contribution in [0.25, 0.3) is 16.8 Å². The van der Waals surface area contributed by atoms with Crippen LogP contribution in [0.5, 0.6) is 5.75 Å². The Hall–Kier alpha value is -3.60. The molecule has 0 spiro atoms. The minimum absolute atomic E-state index is 0.0501. The molecule has 0 fully saturated rings. The normalized spacial score (nSPS) is 11.6. The first-order valence-electron chi connectivity index (χ1n) is 9.51. The van der Waals surface area contributed by atoms with Gasteiger partial charge in [-0.15, -0.1) is 0 Å². The van der Waals surface area contributed by atoms with Gasteiger partial charge in [-0.05, 0) is 67.4 Å². The van der Waals surface area contributed by atoms with Gasteiger partial charge in [-0.3, -0.25) is 9.48 Å². The van der Waals surface area contributed by atoms with Crippen molar-refractivity contribution in [3.63, 3.8) is 0 Å². The van der Waals surface area contributed by atoms with Crippen LogP contribution in [0.3, 0.4) is 0 Å². The lowest BCUT2D eigenvalue weighted by molar-refractivity contribution is -0.118. The molecule has 0 bridgehead atoms. The quantitative estimate of drug-likeness (QED) is 0.575. The van der Waals surface area contributed by atoms with E-state index in [0.29, 0.717) is 5.75 Å². The number of aryl methyl sites for hydroxylation is 1. The van der Waals surface area contributed by atoms with Crippen LogP contribution in [0.1, 0.15) is 19.4 Å². The van der Waals surface area contributed by atoms with Gasteiger partial charge in [0.05, 0.1) is 5.69 Å². The summed E-state index contributed by atoms with van der Waals surface area (Å²) >= 11 is 0. The Morgan fingerprint density at radius 3 is 2.38 bits per heavy atom. The lowest BCUT2D eigenvalue weighted by atomic mass is 10.0. The van der Waals surface area contributed by atoms with Gasteiger partial charge in [-0.1, -0.05) is 30.4 Å². The molecule has 0 atom stereocenters. The Morgan fingerprint density at radius 1 is 1.07 bits per heavy atom. The second-order valence-corrected chi connectivity index (χ2v) is 6.52. The summed E-state index contributed by atoms with van der Waals surface area (Å²) in [6.45, 7) is 3.95. The summed E-state index contributed by atoms with van der Waals surface area (Å²) < 4.78 is 7.41. The van der Waals surface area contributed by atoms with Gasteiger partial charge in [0.2, 0.25) is 0 Å². The summed E-state index contributed by atoms with van der Waals surface area (Å²) in [4.78, 5) is 12.2. The molecule has 5 nitrogen and oxygen atoms in total. The molecular formula is C24H25N3O2. The number of benzene rings is 2. The number of nitrogens with one attached hydrogen (secondary N) is 1. The summed E-state index contributed by atoms with van der Waals surface area (Å²) in [6.07, 6.45) is 7.88. The maximum atomic E-state index is 12.2. The summed E-state index contributed by atoms with van der Waals surface area (Å²) in [5.41, 5.74) is 5.05. The fourth-order valence-corrected chi connectivity index (χ4v) is 3.01. The highest BCUT2D eigenvalue weighted by Gasteiger charge is 2.06. The Kier molecular flexibility index (Phi) is 6.63. The minimum Gasteiger partial charge on any atom is -0.484 e. The molecule has 1 N–H and O–H groups in total. The zero-order valence-corrected chi connectivity index (χ0v) is 16.9. The van der Waals surface area contributed by atoms with Gasteiger partial charge in [-0.2, -0.15) is 5.10 Å². The molecule has 0 unspecified atom stereocenters. The fourth-order valence-electron chi connectivity index (χ4n) is 3.01. The van der Waals surface area contributed by atoms with Crippen LogP contribution in [-0.4, -0.2) is 22.3 Å². The maximum Gasteiger partial charge on any atom is 0.262 e. The van der Waals surface area contributed by atoms with E-state index in [0.717, 1.165) is 28.1 Å². The second-order valence-electron chi connectivity index (χ2n) is 6.52. The first-order valence-corrected chi connectivity index (χ1v) is 9.51. The monoisotopic (exact) mass is 387 g/mol. The molecule has 0 saturated carbocycles. The number of allylic oxidation sites excluding steroid dienone is 4. The molecule has 3 rings (SSSR count). The number of amides is 1. The third-order valence-corrected chi connectivity index (χ3v) is 4.50. The summed E-state index contributed by atoms with van der Waals surface area (Å²) in [5, 5.41) is 7.03. The Balaban J connectivity index is 1.54. The van der Waals surface area contributed by atoms with Crippen LogP contribution < -0.4 is 10.1 Å². The number of carbonyl (C=O) groups excluding carboxylic acids is 1. The van der Waals surface area contributed by atoms with Crippen molar-refractivity contribution < 1.29 is 9.53 Å². The number of hydrogen-bond donors (Lipinski definition) is 1. The van der Waals surface area contributed by atoms with E-state index in [1.54, 1.807) is 6.20 Å². The second kappa shape index (κ2) is 9.55. The number of hydrogen-bond acceptors (Lipinski definition) is 3. The molecule has 148 valence electrons. The first kappa shape index (κ1) is 20.1. The highest BCUT2D eigenvalue weighted by molar-refractivity contribution is 5.92. The van der Waals surface area contributed by atoms with Crippen molar-refractivity contribution in [3.05, 3.63) is 84.6 Å². The lowest BCUT2D eigenvalue weighted by Gasteiger charge is -2.09. The lowest BCUT2D eigenvalue weighted by Crippen LogP contribution is -2.20. The predicted molar refractivity (Wildman–Crippen MR) is 118 cm³/mol. The van der Waals surface area contributed by atoms with Crippen LogP contribution >= 0.6 is 0 Å². The molecular weight excluding hydrogens is 362 g/mol. The number of ether oxygens (including phenoxy) is 1. The Morgan fingerprint density at radius 2 is 1.79 bits per heavy atom. The van der Waals surface area contributed by atoms with Crippen LogP contribution in [0.15, 0.2) is 79.0 Å². The molecule has 0 aliphatic heterocycles. The minimum atomic E-state index is -0.201. The molecule has 1 heterocycles. The van der Waals surface area contributed by atoms with Gasteiger partial charge in [0.15, 0.2) is 6.61 Å². The van der Waals surface area contributed by atoms with Gasteiger partial charge in [0.1, 0.15) is 5.75 Å². The van der Waals surface area contributed by atoms with Crippen molar-refractivity contribution in [1.82, 2.24) is 9.78 Å². The summed E-state index contributed by atoms with van der Waals surface area (Å²) in [6, 6.07) is 17.3. The number of nitrogens with zero attached hydrogens (tertiary/aromatic N) is 2. The standard InChI is InChI=1S/C24H25N3O2/c1-4-6-18(5-2)19-7-11-21(12-8-19)26-24(28)17-29-22-13-9-20(10-14-22)23-15-16-25-27(23)3/h4-16H,17H2,1-3H3,(H,26,28)/b6-4-,18-5+. The van der Waals surface area contributed by atoms with Crippen molar-refractivity contribution in [1.29, 1.82) is 0 Å². The zero-order valence-electron chi connectivity index (χ0n) is 16.9. The fraction of sp³-hybridized carbons (Fsp3) is 0.167. The van der Waals surface area contributed by atoms with Gasteiger partial charge in [-0.25, -0.2) is 0 Å². The summed E-state index contributed by atoms with van der Waals surface area (Å²) in [5.74, 6) is 0.443. The van der Waals surface area contributed by atoms with E-state index < -0.39 is 0 Å². The van der Waals surface area contributed by atoms with Crippen LogP contribution in [0.4, 0.5) is 5.69 Å². The van der Waals surface area contributed by atoms with Crippen LogP contribution in [-0.2, 0) is 11.8 Å². The van der Waals surface area contributed by atoms with Gasteiger partial charge < -0.3 is 10.1 Å². The van der Waals surface area contributed by atoms with E-state index in [1.807, 2.05) is 86.3 Å². The van der Waals surface area contributed by atoms with E-state index >= 15 is 0 Å². The Bertz CT molecular complexity index is 1010. The van der Waals surface area contributed by atoms with Gasteiger partial charge >= 0.3 is 0 Å². The van der Waals surface area contributed by atoms with Crippen molar-refractivity contribution in [3.8, 4) is 17.0 Å². The molecule has 0 aliphatic rings. The van der Waals surface area contributed by atoms with Crippen molar-refractivity contribution in [2.45, 2.75) is 13.8 Å². The molecule has 3 aromatic rings. The molecule has 1 aromatic heterocycles. The third kappa shape index (κ3) is 5.23. The van der Waals surface area contributed by atoms with Gasteiger partial charge in [0, 0.05) is 24.5 Å². The maximum absolute atomic E-state index is 12.2. The highest BCUT2D eigenvalue weighted by atomic mass is 16.5. The smallest absolute Gasteiger partial charge is 0.262 e. The van der Waals surface area contributed by atoms with E-state index in [-0.39, 0.29) is 12.5 Å². The van der Waals surface area contributed by atoms with Gasteiger partial charge in [0.25, 0.3) is 5.91 Å². The van der Waals surface area contributed by atoms with Crippen molar-refractivity contribution in [2.75, 3.05) is 11.9 Å². The molecule has 5 heteroatoms. The largest absolute Gasteiger partial charge is 0.484 e. The molecule has 1 amide bonds. The van der Waals surface area contributed by atoms with E-state index in [4.69, 9.17) is 4.74 Å².